The largest absolute Gasteiger partial charge is 0.359 e. The second-order valence-corrected chi connectivity index (χ2v) is 30.7. The van der Waals surface area contributed by atoms with Crippen molar-refractivity contribution in [3.63, 3.8) is 0 Å². The quantitative estimate of drug-likeness (QED) is 0.112. The molecular weight excluding hydrogens is 1500 g/mol. The van der Waals surface area contributed by atoms with Gasteiger partial charge in [0.25, 0.3) is 6.71 Å². The number of hydrogen-bond acceptors (Lipinski definition) is 3. The number of benzene rings is 14. The van der Waals surface area contributed by atoms with Crippen molar-refractivity contribution in [3.8, 4) is 56.5 Å². The molecule has 19 rings (SSSR count). The van der Waals surface area contributed by atoms with Crippen LogP contribution in [0.4, 0.5) is 34.1 Å². The molecule has 502 valence electrons. The molecule has 0 spiro atoms. The van der Waals surface area contributed by atoms with E-state index in [1.165, 1.54) is 0 Å². The maximum Gasteiger partial charge on any atom is 0.252 e. The van der Waals surface area contributed by atoms with E-state index in [1.807, 2.05) is 109 Å². The van der Waals surface area contributed by atoms with E-state index in [-0.39, 0.29) is 99.5 Å². The average molecular weight is 1590 g/mol. The topological polar surface area (TPSA) is 45.1 Å². The second kappa shape index (κ2) is 24.7. The van der Waals surface area contributed by atoms with Crippen LogP contribution in [-0.2, 0) is 16.2 Å². The van der Waals surface area contributed by atoms with Crippen molar-refractivity contribution in [2.45, 2.75) is 78.6 Å². The summed E-state index contributed by atoms with van der Waals surface area (Å²) in [7, 11) is 0. The Morgan fingerprint density at radius 3 is 1.48 bits per heavy atom. The molecule has 8 heteroatoms. The maximum absolute atomic E-state index is 11.6. The summed E-state index contributed by atoms with van der Waals surface area (Å²) in [6.07, 6.45) is 0. The van der Waals surface area contributed by atoms with E-state index in [4.69, 9.17) is 6.85 Å². The molecule has 5 heterocycles. The first kappa shape index (κ1) is 53.5. The number of nitriles is 1. The molecular formula is C97H76BN6U-. The van der Waals surface area contributed by atoms with E-state index < -0.39 is 54.4 Å². The van der Waals surface area contributed by atoms with Gasteiger partial charge in [-0.1, -0.05) is 243 Å². The zero-order valence-electron chi connectivity index (χ0n) is 71.6. The summed E-state index contributed by atoms with van der Waals surface area (Å²) in [6, 6.07) is 77.8. The molecule has 6 nitrogen and oxygen atoms in total. The Kier molecular flexibility index (Phi) is 12.6. The van der Waals surface area contributed by atoms with Crippen LogP contribution >= 0.6 is 0 Å². The molecule has 0 amide bonds. The van der Waals surface area contributed by atoms with Crippen LogP contribution in [0.25, 0.3) is 116 Å². The van der Waals surface area contributed by atoms with Gasteiger partial charge in [-0.05, 0) is 182 Å². The number of rotatable bonds is 8. The van der Waals surface area contributed by atoms with Crippen LogP contribution < -0.4 is 26.2 Å². The Morgan fingerprint density at radius 2 is 0.867 bits per heavy atom. The zero-order valence-corrected chi connectivity index (χ0v) is 63.8. The smallest absolute Gasteiger partial charge is 0.252 e. The number of para-hydroxylation sites is 3. The summed E-state index contributed by atoms with van der Waals surface area (Å²) >= 11 is 0. The molecule has 0 saturated carbocycles. The van der Waals surface area contributed by atoms with Gasteiger partial charge in [0.05, 0.1) is 57.0 Å². The van der Waals surface area contributed by atoms with E-state index in [2.05, 4.69) is 209 Å². The number of fused-ring (bicyclic) bond motifs is 13. The third-order valence-corrected chi connectivity index (χ3v) is 21.4. The maximum atomic E-state index is 11.6. The van der Waals surface area contributed by atoms with Gasteiger partial charge in [-0.25, -0.2) is 0 Å². The minimum absolute atomic E-state index is 0. The average Bonchev–Trinajstić information content (AvgIpc) is 1.37. The van der Waals surface area contributed by atoms with Crippen LogP contribution in [0.15, 0.2) is 297 Å². The van der Waals surface area contributed by atoms with Crippen molar-refractivity contribution < 1.29 is 47.6 Å². The molecule has 17 aromatic rings. The summed E-state index contributed by atoms with van der Waals surface area (Å²) in [4.78, 5) is 4.58. The van der Waals surface area contributed by atoms with Gasteiger partial charge < -0.3 is 23.5 Å². The van der Waals surface area contributed by atoms with Crippen molar-refractivity contribution in [3.05, 3.63) is 325 Å². The van der Waals surface area contributed by atoms with Gasteiger partial charge in [0.2, 0.25) is 0 Å². The first-order valence-electron chi connectivity index (χ1n) is 41.4. The van der Waals surface area contributed by atoms with E-state index in [0.717, 1.165) is 116 Å². The van der Waals surface area contributed by atoms with Crippen molar-refractivity contribution in [2.75, 3.05) is 9.80 Å². The molecule has 0 aliphatic carbocycles. The molecule has 2 aliphatic rings. The fourth-order valence-corrected chi connectivity index (χ4v) is 16.3. The summed E-state index contributed by atoms with van der Waals surface area (Å²) in [6.45, 7) is 19.3. The SMILES string of the molecule is [2H]c1[c-]c2c3c([2H])c([2H])c([2H])c([2H])c3n(-c3ccc4c(c3)N(c3c(-c5ccccc5)cc(C(C)(C)C)cc3-c3ccccc3)c3cc(-n5c6ccc(C(C)(C)C)cc6c6cc(C(C)(C)C)ccc65)cc5c3B4c3ccc(-c4c([2H])c([2H])c([2H])c([2H])c4[2H])cc3N5c3ccc(C#N)c(-n4c5ccccc5c5ccccc54)c3)c2c([2H])c1[2H].[U]. The summed E-state index contributed by atoms with van der Waals surface area (Å²) in [5, 5.41) is 15.8. The van der Waals surface area contributed by atoms with Gasteiger partial charge in [-0.15, -0.1) is 29.6 Å². The number of hydrogen-bond donors (Lipinski definition) is 0. The molecule has 0 atom stereocenters. The standard InChI is InChI=1S/C97H76BN6.U/c1-95(2,3)66-43-49-86-78(52-66)79-53-67(96(4,5)6)44-50-87(79)102(86)71-58-91-93-92(59-71)104(94-76(62-29-15-11-16-30-62)54-68(97(7,8)9)55-77(94)63-31-17-12-18-32-63)90-57-70(100-82-37-23-19-33-72(82)73-34-20-24-38-83(73)100)46-48-81(90)98(93)80-47-42-64(61-27-13-10-14-28-61)51-89(80)101(91)69-45-41-65(60-99)88(56-69)103-84-39-25-21-35-74(84)75-36-22-26-40-85(75)103;/h10-33,35-59H,1-9H3;/q-1;/i10D,13D,14D,19D,20D,23D,24D,27D,28D,33D,37D,38D;. The molecule has 2 aliphatic heterocycles. The van der Waals surface area contributed by atoms with Gasteiger partial charge >= 0.3 is 0 Å². The van der Waals surface area contributed by atoms with Gasteiger partial charge in [0, 0.05) is 106 Å². The van der Waals surface area contributed by atoms with E-state index in [1.54, 1.807) is 4.57 Å². The van der Waals surface area contributed by atoms with Crippen molar-refractivity contribution in [1.82, 2.24) is 13.7 Å². The molecule has 14 aromatic carbocycles. The fraction of sp³-hybridized carbons (Fsp3) is 0.124. The number of aromatic nitrogens is 3. The van der Waals surface area contributed by atoms with E-state index in [9.17, 15) is 14.9 Å². The number of nitrogens with zero attached hydrogens (tertiary/aromatic N) is 6. The van der Waals surface area contributed by atoms with Crippen LogP contribution in [0.3, 0.4) is 0 Å². The minimum atomic E-state index is -0.734. The Morgan fingerprint density at radius 1 is 0.362 bits per heavy atom. The molecule has 3 aromatic heterocycles. The van der Waals surface area contributed by atoms with Gasteiger partial charge in [0.1, 0.15) is 6.07 Å². The van der Waals surface area contributed by atoms with Crippen molar-refractivity contribution in [2.24, 2.45) is 0 Å². The fourth-order valence-electron chi connectivity index (χ4n) is 16.3. The Hall–Kier alpha value is -11.3. The summed E-state index contributed by atoms with van der Waals surface area (Å²) in [5.41, 5.74) is 18.7. The molecule has 0 fully saturated rings. The van der Waals surface area contributed by atoms with Gasteiger partial charge in [0.15, 0.2) is 0 Å². The van der Waals surface area contributed by atoms with Crippen LogP contribution in [0.1, 0.15) is 101 Å². The van der Waals surface area contributed by atoms with Crippen LogP contribution in [0.2, 0.25) is 0 Å². The molecule has 0 unspecified atom stereocenters. The monoisotopic (exact) mass is 1590 g/mol. The van der Waals surface area contributed by atoms with Gasteiger partial charge in [-0.3, -0.25) is 0 Å². The normalized spacial score (nSPS) is 14.5. The molecule has 0 saturated heterocycles. The third kappa shape index (κ3) is 10.5. The first-order valence-corrected chi connectivity index (χ1v) is 35.4. The predicted octanol–water partition coefficient (Wildman–Crippen LogP) is 23.6. The summed E-state index contributed by atoms with van der Waals surface area (Å²) < 4.78 is 119. The van der Waals surface area contributed by atoms with E-state index >= 15 is 0 Å². The summed E-state index contributed by atoms with van der Waals surface area (Å²) in [5.74, 6) is 0. The minimum Gasteiger partial charge on any atom is -0.359 e. The predicted molar refractivity (Wildman–Crippen MR) is 439 cm³/mol. The number of anilines is 6. The first-order chi connectivity index (χ1) is 55.4. The van der Waals surface area contributed by atoms with Crippen LogP contribution in [-0.4, -0.2) is 20.4 Å². The van der Waals surface area contributed by atoms with Crippen molar-refractivity contribution in [1.29, 1.82) is 5.26 Å². The molecule has 0 radical (unpaired) electrons. The Labute approximate surface area is 655 Å². The Bertz CT molecular complexity index is 7010. The molecule has 0 bridgehead atoms. The van der Waals surface area contributed by atoms with E-state index in [0.29, 0.717) is 45.3 Å². The third-order valence-electron chi connectivity index (χ3n) is 21.4. The zero-order chi connectivity index (χ0) is 81.1. The van der Waals surface area contributed by atoms with Crippen molar-refractivity contribution >= 4 is 123 Å². The van der Waals surface area contributed by atoms with Crippen LogP contribution in [0.5, 0.6) is 0 Å². The molecule has 0 N–H and O–H groups in total. The van der Waals surface area contributed by atoms with Crippen LogP contribution in [0, 0.1) is 48.5 Å². The molecule has 105 heavy (non-hydrogen) atoms. The second-order valence-electron chi connectivity index (χ2n) is 30.7. The Balaban J connectivity index is 0.00000945. The van der Waals surface area contributed by atoms with Gasteiger partial charge in [-0.2, -0.15) is 5.26 Å².